The molecule has 2 aromatic carbocycles. The van der Waals surface area contributed by atoms with Crippen molar-refractivity contribution in [3.05, 3.63) is 62.1 Å². The lowest BCUT2D eigenvalue weighted by Gasteiger charge is -2.09. The zero-order valence-corrected chi connectivity index (χ0v) is 13.5. The first-order valence-electron chi connectivity index (χ1n) is 6.60. The van der Waals surface area contributed by atoms with E-state index in [0.717, 1.165) is 6.07 Å². The molecule has 1 amide bonds. The lowest BCUT2D eigenvalue weighted by Crippen LogP contribution is -2.12. The number of rotatable bonds is 5. The first kappa shape index (κ1) is 17.1. The normalized spacial score (nSPS) is 10.2. The molecule has 6 nitrogen and oxygen atoms in total. The molecule has 2 aromatic rings. The van der Waals surface area contributed by atoms with Crippen molar-refractivity contribution >= 4 is 40.5 Å². The van der Waals surface area contributed by atoms with Crippen molar-refractivity contribution in [2.75, 3.05) is 11.9 Å². The highest BCUT2D eigenvalue weighted by molar-refractivity contribution is 6.37. The van der Waals surface area contributed by atoms with E-state index in [1.807, 2.05) is 6.92 Å². The Labute approximate surface area is 142 Å². The van der Waals surface area contributed by atoms with Crippen LogP contribution in [0, 0.1) is 10.1 Å². The maximum absolute atomic E-state index is 12.2. The van der Waals surface area contributed by atoms with Crippen molar-refractivity contribution in [1.82, 2.24) is 0 Å². The zero-order chi connectivity index (χ0) is 17.0. The molecule has 0 saturated carbocycles. The predicted octanol–water partition coefficient (Wildman–Crippen LogP) is 4.55. The number of amides is 1. The summed E-state index contributed by atoms with van der Waals surface area (Å²) in [6.45, 7) is 2.39. The third-order valence-corrected chi connectivity index (χ3v) is 3.52. The number of nitrogens with zero attached hydrogens (tertiary/aromatic N) is 1. The molecule has 0 spiro atoms. The standard InChI is InChI=1S/C15H12Cl2N2O4/c1-2-23-10-5-3-9(4-6-10)15(20)18-13-7-12(17)14(19(21)22)8-11(13)16/h3-8H,2H2,1H3,(H,18,20). The van der Waals surface area contributed by atoms with E-state index < -0.39 is 10.8 Å². The number of benzene rings is 2. The molecule has 0 atom stereocenters. The minimum atomic E-state index is -0.647. The van der Waals surface area contributed by atoms with Crippen LogP contribution in [0.1, 0.15) is 17.3 Å². The Kier molecular flexibility index (Phi) is 5.41. The zero-order valence-electron chi connectivity index (χ0n) is 12.0. The van der Waals surface area contributed by atoms with Crippen molar-refractivity contribution in [1.29, 1.82) is 0 Å². The molecule has 0 heterocycles. The van der Waals surface area contributed by atoms with Crippen molar-refractivity contribution in [2.45, 2.75) is 6.92 Å². The van der Waals surface area contributed by atoms with E-state index >= 15 is 0 Å². The number of nitro benzene ring substituents is 1. The quantitative estimate of drug-likeness (QED) is 0.630. The predicted molar refractivity (Wildman–Crippen MR) is 88.7 cm³/mol. The number of hydrogen-bond acceptors (Lipinski definition) is 4. The van der Waals surface area contributed by atoms with Crippen LogP contribution in [0.5, 0.6) is 5.75 Å². The summed E-state index contributed by atoms with van der Waals surface area (Å²) in [6.07, 6.45) is 0. The summed E-state index contributed by atoms with van der Waals surface area (Å²) >= 11 is 11.8. The molecular weight excluding hydrogens is 343 g/mol. The fraction of sp³-hybridized carbons (Fsp3) is 0.133. The lowest BCUT2D eigenvalue weighted by molar-refractivity contribution is -0.384. The molecule has 0 aliphatic carbocycles. The Bertz CT molecular complexity index is 748. The molecule has 0 radical (unpaired) electrons. The molecule has 2 rings (SSSR count). The van der Waals surface area contributed by atoms with Gasteiger partial charge in [-0.2, -0.15) is 0 Å². The Morgan fingerprint density at radius 3 is 2.43 bits per heavy atom. The molecule has 120 valence electrons. The average Bonchev–Trinajstić information content (AvgIpc) is 2.51. The third kappa shape index (κ3) is 4.12. The van der Waals surface area contributed by atoms with Gasteiger partial charge in [-0.3, -0.25) is 14.9 Å². The van der Waals surface area contributed by atoms with Gasteiger partial charge in [0.05, 0.1) is 22.2 Å². The van der Waals surface area contributed by atoms with Crippen LogP contribution in [0.3, 0.4) is 0 Å². The molecular formula is C15H12Cl2N2O4. The number of hydrogen-bond donors (Lipinski definition) is 1. The van der Waals surface area contributed by atoms with E-state index in [4.69, 9.17) is 27.9 Å². The van der Waals surface area contributed by atoms with Crippen LogP contribution in [0.15, 0.2) is 36.4 Å². The van der Waals surface area contributed by atoms with E-state index in [2.05, 4.69) is 5.32 Å². The minimum Gasteiger partial charge on any atom is -0.494 e. The SMILES string of the molecule is CCOc1ccc(C(=O)Nc2cc(Cl)c([N+](=O)[O-])cc2Cl)cc1. The molecule has 0 aliphatic rings. The molecule has 0 aromatic heterocycles. The largest absolute Gasteiger partial charge is 0.494 e. The number of ether oxygens (including phenoxy) is 1. The highest BCUT2D eigenvalue weighted by Gasteiger charge is 2.17. The fourth-order valence-corrected chi connectivity index (χ4v) is 2.27. The highest BCUT2D eigenvalue weighted by atomic mass is 35.5. The first-order chi connectivity index (χ1) is 10.9. The Morgan fingerprint density at radius 1 is 1.22 bits per heavy atom. The van der Waals surface area contributed by atoms with Gasteiger partial charge in [0.25, 0.3) is 11.6 Å². The smallest absolute Gasteiger partial charge is 0.289 e. The molecule has 8 heteroatoms. The number of anilines is 1. The Morgan fingerprint density at radius 2 is 1.87 bits per heavy atom. The third-order valence-electron chi connectivity index (χ3n) is 2.91. The summed E-state index contributed by atoms with van der Waals surface area (Å²) in [7, 11) is 0. The number of nitrogens with one attached hydrogen (secondary N) is 1. The van der Waals surface area contributed by atoms with Gasteiger partial charge in [-0.1, -0.05) is 23.2 Å². The number of carbonyl (C=O) groups is 1. The van der Waals surface area contributed by atoms with Crippen LogP contribution < -0.4 is 10.1 Å². The fourth-order valence-electron chi connectivity index (χ4n) is 1.84. The van der Waals surface area contributed by atoms with Gasteiger partial charge >= 0.3 is 0 Å². The minimum absolute atomic E-state index is 0.0281. The molecule has 0 saturated heterocycles. The second kappa shape index (κ2) is 7.30. The monoisotopic (exact) mass is 354 g/mol. The second-order valence-electron chi connectivity index (χ2n) is 4.45. The van der Waals surface area contributed by atoms with E-state index in [9.17, 15) is 14.9 Å². The van der Waals surface area contributed by atoms with E-state index in [0.29, 0.717) is 17.9 Å². The number of halogens is 2. The average molecular weight is 355 g/mol. The van der Waals surface area contributed by atoms with Gasteiger partial charge < -0.3 is 10.1 Å². The number of nitro groups is 1. The molecule has 1 N–H and O–H groups in total. The van der Waals surface area contributed by atoms with Gasteiger partial charge in [-0.05, 0) is 37.3 Å². The van der Waals surface area contributed by atoms with Gasteiger partial charge in [0.2, 0.25) is 0 Å². The highest BCUT2D eigenvalue weighted by Crippen LogP contribution is 2.34. The van der Waals surface area contributed by atoms with Crippen molar-refractivity contribution in [3.8, 4) is 5.75 Å². The van der Waals surface area contributed by atoms with Crippen molar-refractivity contribution in [2.24, 2.45) is 0 Å². The maximum atomic E-state index is 12.2. The topological polar surface area (TPSA) is 81.5 Å². The van der Waals surface area contributed by atoms with Crippen LogP contribution >= 0.6 is 23.2 Å². The van der Waals surface area contributed by atoms with Gasteiger partial charge in [-0.15, -0.1) is 0 Å². The summed E-state index contributed by atoms with van der Waals surface area (Å²) in [4.78, 5) is 22.3. The van der Waals surface area contributed by atoms with Crippen LogP contribution in [0.2, 0.25) is 10.0 Å². The van der Waals surface area contributed by atoms with Gasteiger partial charge in [0.15, 0.2) is 0 Å². The molecule has 23 heavy (non-hydrogen) atoms. The molecule has 0 aliphatic heterocycles. The van der Waals surface area contributed by atoms with Crippen LogP contribution in [-0.2, 0) is 0 Å². The summed E-state index contributed by atoms with van der Waals surface area (Å²) in [5.41, 5.74) is 0.260. The van der Waals surface area contributed by atoms with Crippen LogP contribution in [0.25, 0.3) is 0 Å². The first-order valence-corrected chi connectivity index (χ1v) is 7.35. The van der Waals surface area contributed by atoms with E-state index in [1.165, 1.54) is 6.07 Å². The summed E-state index contributed by atoms with van der Waals surface area (Å²) < 4.78 is 5.30. The summed E-state index contributed by atoms with van der Waals surface area (Å²) in [5.74, 6) is 0.236. The van der Waals surface area contributed by atoms with Gasteiger partial charge in [0.1, 0.15) is 10.8 Å². The van der Waals surface area contributed by atoms with Gasteiger partial charge in [-0.25, -0.2) is 0 Å². The summed E-state index contributed by atoms with van der Waals surface area (Å²) in [6, 6.07) is 8.88. The number of carbonyl (C=O) groups excluding carboxylic acids is 1. The Balaban J connectivity index is 2.20. The molecule has 0 unspecified atom stereocenters. The maximum Gasteiger partial charge on any atom is 0.289 e. The van der Waals surface area contributed by atoms with Crippen molar-refractivity contribution in [3.63, 3.8) is 0 Å². The Hall–Kier alpha value is -2.31. The summed E-state index contributed by atoms with van der Waals surface area (Å²) in [5, 5.41) is 13.3. The van der Waals surface area contributed by atoms with Gasteiger partial charge in [0, 0.05) is 11.6 Å². The lowest BCUT2D eigenvalue weighted by atomic mass is 10.2. The van der Waals surface area contributed by atoms with Crippen molar-refractivity contribution < 1.29 is 14.5 Å². The van der Waals surface area contributed by atoms with Crippen LogP contribution in [-0.4, -0.2) is 17.4 Å². The second-order valence-corrected chi connectivity index (χ2v) is 5.27. The molecule has 0 bridgehead atoms. The van der Waals surface area contributed by atoms with Crippen LogP contribution in [0.4, 0.5) is 11.4 Å². The molecule has 0 fully saturated rings. The van der Waals surface area contributed by atoms with E-state index in [-0.39, 0.29) is 21.4 Å². The van der Waals surface area contributed by atoms with E-state index in [1.54, 1.807) is 24.3 Å².